The van der Waals surface area contributed by atoms with E-state index in [0.717, 1.165) is 17.5 Å². The number of benzene rings is 2. The number of carbonyl (C=O) groups excluding carboxylic acids is 2. The van der Waals surface area contributed by atoms with Crippen LogP contribution in [-0.2, 0) is 22.7 Å². The molecule has 6 heteroatoms. The van der Waals surface area contributed by atoms with E-state index in [1.54, 1.807) is 4.90 Å². The molecular formula is C22H24N2O4. The van der Waals surface area contributed by atoms with Gasteiger partial charge in [0.25, 0.3) is 0 Å². The number of fused-ring (bicyclic) bond motifs is 1. The molecule has 28 heavy (non-hydrogen) atoms. The molecule has 2 aromatic rings. The number of ether oxygens (including phenoxy) is 2. The summed E-state index contributed by atoms with van der Waals surface area (Å²) in [6.07, 6.45) is 1.56. The van der Waals surface area contributed by atoms with Crippen LogP contribution in [-0.4, -0.2) is 41.0 Å². The summed E-state index contributed by atoms with van der Waals surface area (Å²) in [6, 6.07) is 15.2. The van der Waals surface area contributed by atoms with Crippen LogP contribution in [0.3, 0.4) is 0 Å². The molecule has 6 nitrogen and oxygen atoms in total. The average molecular weight is 380 g/mol. The Morgan fingerprint density at radius 3 is 2.68 bits per heavy atom. The number of carbonyl (C=O) groups is 2. The average Bonchev–Trinajstić information content (AvgIpc) is 3.37. The van der Waals surface area contributed by atoms with Crippen molar-refractivity contribution in [3.8, 4) is 11.5 Å². The highest BCUT2D eigenvalue weighted by atomic mass is 16.7. The Labute approximate surface area is 164 Å². The van der Waals surface area contributed by atoms with Crippen molar-refractivity contribution in [2.45, 2.75) is 38.9 Å². The molecule has 0 radical (unpaired) electrons. The first-order valence-corrected chi connectivity index (χ1v) is 9.61. The molecule has 2 aromatic carbocycles. The molecule has 0 aromatic heterocycles. The number of hydrogen-bond donors (Lipinski definition) is 0. The van der Waals surface area contributed by atoms with Crippen LogP contribution in [0.15, 0.2) is 48.5 Å². The Balaban J connectivity index is 1.61. The third kappa shape index (κ3) is 3.67. The van der Waals surface area contributed by atoms with Crippen LogP contribution in [0.5, 0.6) is 11.5 Å². The molecular weight excluding hydrogens is 356 g/mol. The molecule has 1 fully saturated rings. The molecule has 1 atom stereocenters. The maximum Gasteiger partial charge on any atom is 0.245 e. The second-order valence-electron chi connectivity index (χ2n) is 7.20. The van der Waals surface area contributed by atoms with Gasteiger partial charge in [-0.2, -0.15) is 0 Å². The van der Waals surface area contributed by atoms with Gasteiger partial charge in [0.1, 0.15) is 6.04 Å². The zero-order valence-electron chi connectivity index (χ0n) is 16.0. The van der Waals surface area contributed by atoms with E-state index in [4.69, 9.17) is 9.47 Å². The molecule has 2 amide bonds. The summed E-state index contributed by atoms with van der Waals surface area (Å²) in [5.41, 5.74) is 1.96. The molecule has 4 rings (SSSR count). The van der Waals surface area contributed by atoms with Crippen molar-refractivity contribution in [2.24, 2.45) is 0 Å². The topological polar surface area (TPSA) is 59.1 Å². The third-order valence-electron chi connectivity index (χ3n) is 5.31. The minimum atomic E-state index is -0.393. The van der Waals surface area contributed by atoms with Gasteiger partial charge in [-0.1, -0.05) is 42.5 Å². The number of nitrogens with zero attached hydrogens (tertiary/aromatic N) is 2. The van der Waals surface area contributed by atoms with Crippen LogP contribution in [0.4, 0.5) is 0 Å². The van der Waals surface area contributed by atoms with Gasteiger partial charge in [0.15, 0.2) is 11.5 Å². The van der Waals surface area contributed by atoms with Crippen LogP contribution < -0.4 is 9.47 Å². The Morgan fingerprint density at radius 1 is 1.07 bits per heavy atom. The van der Waals surface area contributed by atoms with Gasteiger partial charge in [-0.05, 0) is 24.5 Å². The van der Waals surface area contributed by atoms with E-state index in [-0.39, 0.29) is 18.6 Å². The predicted octanol–water partition coefficient (Wildman–Crippen LogP) is 2.96. The maximum absolute atomic E-state index is 13.4. The molecule has 0 aliphatic carbocycles. The van der Waals surface area contributed by atoms with Crippen molar-refractivity contribution >= 4 is 11.8 Å². The highest BCUT2D eigenvalue weighted by molar-refractivity contribution is 5.87. The molecule has 146 valence electrons. The molecule has 0 saturated carbocycles. The van der Waals surface area contributed by atoms with Gasteiger partial charge in [0, 0.05) is 32.1 Å². The highest BCUT2D eigenvalue weighted by Gasteiger charge is 2.35. The molecule has 0 unspecified atom stereocenters. The van der Waals surface area contributed by atoms with Crippen LogP contribution in [0.2, 0.25) is 0 Å². The number of amides is 2. The number of para-hydroxylation sites is 1. The zero-order valence-corrected chi connectivity index (χ0v) is 16.0. The van der Waals surface area contributed by atoms with Crippen molar-refractivity contribution in [2.75, 3.05) is 13.3 Å². The van der Waals surface area contributed by atoms with E-state index in [2.05, 4.69) is 0 Å². The second kappa shape index (κ2) is 7.92. The van der Waals surface area contributed by atoms with E-state index in [0.29, 0.717) is 37.6 Å². The summed E-state index contributed by atoms with van der Waals surface area (Å²) in [4.78, 5) is 28.9. The lowest BCUT2D eigenvalue weighted by Crippen LogP contribution is -2.46. The Morgan fingerprint density at radius 2 is 1.89 bits per heavy atom. The minimum absolute atomic E-state index is 0.0203. The fourth-order valence-corrected chi connectivity index (χ4v) is 3.95. The van der Waals surface area contributed by atoms with E-state index < -0.39 is 6.04 Å². The zero-order chi connectivity index (χ0) is 19.5. The SMILES string of the molecule is CC(=O)N1CCC[C@H]1C(=O)N(Cc1ccccc1)Cc1cccc2c1OCO2. The van der Waals surface area contributed by atoms with Crippen LogP contribution in [0.1, 0.15) is 30.9 Å². The molecule has 0 N–H and O–H groups in total. The Bertz CT molecular complexity index is 868. The Hall–Kier alpha value is -3.02. The first-order chi connectivity index (χ1) is 13.6. The Kier molecular flexibility index (Phi) is 5.19. The van der Waals surface area contributed by atoms with Gasteiger partial charge in [0.05, 0.1) is 0 Å². The van der Waals surface area contributed by atoms with Crippen LogP contribution in [0.25, 0.3) is 0 Å². The lowest BCUT2D eigenvalue weighted by atomic mass is 10.1. The molecule has 2 heterocycles. The first kappa shape index (κ1) is 18.3. The monoisotopic (exact) mass is 380 g/mol. The predicted molar refractivity (Wildman–Crippen MR) is 104 cm³/mol. The number of likely N-dealkylation sites (tertiary alicyclic amines) is 1. The smallest absolute Gasteiger partial charge is 0.245 e. The van der Waals surface area contributed by atoms with Gasteiger partial charge < -0.3 is 19.3 Å². The van der Waals surface area contributed by atoms with Crippen molar-refractivity contribution in [1.29, 1.82) is 0 Å². The van der Waals surface area contributed by atoms with Crippen molar-refractivity contribution in [3.05, 3.63) is 59.7 Å². The van der Waals surface area contributed by atoms with Crippen LogP contribution >= 0.6 is 0 Å². The van der Waals surface area contributed by atoms with Crippen molar-refractivity contribution < 1.29 is 19.1 Å². The number of rotatable bonds is 5. The molecule has 0 bridgehead atoms. The highest BCUT2D eigenvalue weighted by Crippen LogP contribution is 2.36. The summed E-state index contributed by atoms with van der Waals surface area (Å²) in [5, 5.41) is 0. The van der Waals surface area contributed by atoms with Crippen LogP contribution in [0, 0.1) is 0 Å². The lowest BCUT2D eigenvalue weighted by molar-refractivity contribution is -0.143. The molecule has 1 saturated heterocycles. The summed E-state index contributed by atoms with van der Waals surface area (Å²) in [5.74, 6) is 1.33. The summed E-state index contributed by atoms with van der Waals surface area (Å²) in [6.45, 7) is 3.25. The van der Waals surface area contributed by atoms with Gasteiger partial charge in [0.2, 0.25) is 18.6 Å². The normalized spacial score (nSPS) is 17.6. The standard InChI is InChI=1S/C22H24N2O4/c1-16(25)24-12-6-10-19(24)22(26)23(13-17-7-3-2-4-8-17)14-18-9-5-11-20-21(18)28-15-27-20/h2-5,7-9,11,19H,6,10,12-15H2,1H3/t19-/m0/s1. The maximum atomic E-state index is 13.4. The second-order valence-corrected chi connectivity index (χ2v) is 7.20. The molecule has 0 spiro atoms. The summed E-state index contributed by atoms with van der Waals surface area (Å²) >= 11 is 0. The quantitative estimate of drug-likeness (QED) is 0.800. The van der Waals surface area contributed by atoms with Gasteiger partial charge >= 0.3 is 0 Å². The van der Waals surface area contributed by atoms with Gasteiger partial charge in [-0.25, -0.2) is 0 Å². The molecule has 2 aliphatic rings. The van der Waals surface area contributed by atoms with Crippen molar-refractivity contribution in [3.63, 3.8) is 0 Å². The summed E-state index contributed by atoms with van der Waals surface area (Å²) < 4.78 is 11.1. The van der Waals surface area contributed by atoms with E-state index >= 15 is 0 Å². The fraction of sp³-hybridized carbons (Fsp3) is 0.364. The van der Waals surface area contributed by atoms with Gasteiger partial charge in [-0.15, -0.1) is 0 Å². The molecule has 2 aliphatic heterocycles. The first-order valence-electron chi connectivity index (χ1n) is 9.61. The van der Waals surface area contributed by atoms with E-state index in [1.165, 1.54) is 6.92 Å². The van der Waals surface area contributed by atoms with Crippen molar-refractivity contribution in [1.82, 2.24) is 9.80 Å². The minimum Gasteiger partial charge on any atom is -0.454 e. The van der Waals surface area contributed by atoms with Gasteiger partial charge in [-0.3, -0.25) is 9.59 Å². The van der Waals surface area contributed by atoms with E-state index in [9.17, 15) is 9.59 Å². The largest absolute Gasteiger partial charge is 0.454 e. The summed E-state index contributed by atoms with van der Waals surface area (Å²) in [7, 11) is 0. The fourth-order valence-electron chi connectivity index (χ4n) is 3.95. The third-order valence-corrected chi connectivity index (χ3v) is 5.31. The number of hydrogen-bond acceptors (Lipinski definition) is 4. The lowest BCUT2D eigenvalue weighted by Gasteiger charge is -2.30. The van der Waals surface area contributed by atoms with E-state index in [1.807, 2.05) is 53.4 Å².